The maximum Gasteiger partial charge on any atom is 0.234 e. The van der Waals surface area contributed by atoms with Crippen molar-refractivity contribution in [1.82, 2.24) is 14.8 Å². The Kier molecular flexibility index (Phi) is 6.07. The first-order valence-electron chi connectivity index (χ1n) is 8.65. The highest BCUT2D eigenvalue weighted by Crippen LogP contribution is 2.24. The second kappa shape index (κ2) is 8.67. The van der Waals surface area contributed by atoms with Crippen molar-refractivity contribution in [1.29, 1.82) is 0 Å². The summed E-state index contributed by atoms with van der Waals surface area (Å²) in [6, 6.07) is 17.8. The molecular formula is C20H22N4OS. The minimum atomic E-state index is -0.0482. The number of aromatic nitrogens is 3. The van der Waals surface area contributed by atoms with Gasteiger partial charge in [-0.1, -0.05) is 61.2 Å². The molecule has 1 amide bonds. The Bertz CT molecular complexity index is 877. The lowest BCUT2D eigenvalue weighted by Gasteiger charge is -2.09. The predicted molar refractivity (Wildman–Crippen MR) is 106 cm³/mol. The Morgan fingerprint density at radius 2 is 1.92 bits per heavy atom. The van der Waals surface area contributed by atoms with Gasteiger partial charge in [0, 0.05) is 17.8 Å². The van der Waals surface area contributed by atoms with E-state index in [0.29, 0.717) is 5.75 Å². The molecule has 1 N–H and O–H groups in total. The summed E-state index contributed by atoms with van der Waals surface area (Å²) < 4.78 is 2.08. The third kappa shape index (κ3) is 4.52. The minimum absolute atomic E-state index is 0.0482. The standard InChI is InChI=1S/C20H22N4OS/c1-3-12-24-19(16-9-5-4-6-10-16)22-23-20(24)26-14-18(25)21-17-11-7-8-15(2)13-17/h4-11,13H,3,12,14H2,1-2H3,(H,21,25). The van der Waals surface area contributed by atoms with E-state index in [9.17, 15) is 4.79 Å². The smallest absolute Gasteiger partial charge is 0.234 e. The van der Waals surface area contributed by atoms with Gasteiger partial charge >= 0.3 is 0 Å². The van der Waals surface area contributed by atoms with Crippen molar-refractivity contribution < 1.29 is 4.79 Å². The number of nitrogens with zero attached hydrogens (tertiary/aromatic N) is 3. The first-order valence-corrected chi connectivity index (χ1v) is 9.64. The zero-order chi connectivity index (χ0) is 18.4. The van der Waals surface area contributed by atoms with Crippen LogP contribution in [0, 0.1) is 6.92 Å². The van der Waals surface area contributed by atoms with Crippen LogP contribution in [-0.4, -0.2) is 26.4 Å². The molecule has 0 bridgehead atoms. The Balaban J connectivity index is 1.69. The summed E-state index contributed by atoms with van der Waals surface area (Å²) in [4.78, 5) is 12.3. The number of rotatable bonds is 7. The quantitative estimate of drug-likeness (QED) is 0.630. The Morgan fingerprint density at radius 3 is 2.65 bits per heavy atom. The number of anilines is 1. The fourth-order valence-electron chi connectivity index (χ4n) is 2.67. The molecule has 26 heavy (non-hydrogen) atoms. The fraction of sp³-hybridized carbons (Fsp3) is 0.250. The van der Waals surface area contributed by atoms with Crippen molar-refractivity contribution in [3.8, 4) is 11.4 Å². The SMILES string of the molecule is CCCn1c(SCC(=O)Nc2cccc(C)c2)nnc1-c1ccccc1. The maximum atomic E-state index is 12.3. The van der Waals surface area contributed by atoms with E-state index in [0.717, 1.165) is 40.8 Å². The van der Waals surface area contributed by atoms with Gasteiger partial charge < -0.3 is 9.88 Å². The minimum Gasteiger partial charge on any atom is -0.325 e. The van der Waals surface area contributed by atoms with Crippen LogP contribution >= 0.6 is 11.8 Å². The summed E-state index contributed by atoms with van der Waals surface area (Å²) in [5.41, 5.74) is 2.96. The largest absolute Gasteiger partial charge is 0.325 e. The van der Waals surface area contributed by atoms with Crippen molar-refractivity contribution in [2.24, 2.45) is 0 Å². The van der Waals surface area contributed by atoms with Crippen LogP contribution in [0.15, 0.2) is 59.8 Å². The van der Waals surface area contributed by atoms with Crippen LogP contribution in [0.3, 0.4) is 0 Å². The number of benzene rings is 2. The van der Waals surface area contributed by atoms with Gasteiger partial charge in [-0.3, -0.25) is 4.79 Å². The van der Waals surface area contributed by atoms with Gasteiger partial charge in [-0.25, -0.2) is 0 Å². The molecule has 3 rings (SSSR count). The van der Waals surface area contributed by atoms with Gasteiger partial charge in [0.05, 0.1) is 5.75 Å². The van der Waals surface area contributed by atoms with E-state index < -0.39 is 0 Å². The third-order valence-electron chi connectivity index (χ3n) is 3.83. The van der Waals surface area contributed by atoms with Gasteiger partial charge in [-0.2, -0.15) is 0 Å². The molecule has 2 aromatic carbocycles. The number of nitrogens with one attached hydrogen (secondary N) is 1. The highest BCUT2D eigenvalue weighted by molar-refractivity contribution is 7.99. The van der Waals surface area contributed by atoms with Crippen LogP contribution in [0.2, 0.25) is 0 Å². The van der Waals surface area contributed by atoms with E-state index in [1.807, 2.05) is 61.5 Å². The number of aryl methyl sites for hydroxylation is 1. The van der Waals surface area contributed by atoms with Crippen molar-refractivity contribution in [3.63, 3.8) is 0 Å². The molecule has 6 heteroatoms. The van der Waals surface area contributed by atoms with Crippen molar-refractivity contribution in [3.05, 3.63) is 60.2 Å². The van der Waals surface area contributed by atoms with E-state index in [4.69, 9.17) is 0 Å². The predicted octanol–water partition coefficient (Wildman–Crippen LogP) is 4.39. The average Bonchev–Trinajstić information content (AvgIpc) is 3.04. The molecule has 0 saturated heterocycles. The molecule has 0 aliphatic rings. The molecule has 0 aliphatic carbocycles. The van der Waals surface area contributed by atoms with Gasteiger partial charge in [0.15, 0.2) is 11.0 Å². The van der Waals surface area contributed by atoms with Gasteiger partial charge in [0.2, 0.25) is 5.91 Å². The summed E-state index contributed by atoms with van der Waals surface area (Å²) in [6.45, 7) is 4.94. The average molecular weight is 366 g/mol. The lowest BCUT2D eigenvalue weighted by Crippen LogP contribution is -2.14. The van der Waals surface area contributed by atoms with Gasteiger partial charge in [0.25, 0.3) is 0 Å². The Labute approximate surface area is 157 Å². The van der Waals surface area contributed by atoms with E-state index in [1.165, 1.54) is 11.8 Å². The number of hydrogen-bond acceptors (Lipinski definition) is 4. The highest BCUT2D eigenvalue weighted by atomic mass is 32.2. The van der Waals surface area contributed by atoms with E-state index >= 15 is 0 Å². The number of amides is 1. The van der Waals surface area contributed by atoms with E-state index in [1.54, 1.807) is 0 Å². The second-order valence-corrected chi connectivity index (χ2v) is 6.97. The first kappa shape index (κ1) is 18.2. The second-order valence-electron chi connectivity index (χ2n) is 6.03. The first-order chi connectivity index (χ1) is 12.7. The molecule has 0 aliphatic heterocycles. The van der Waals surface area contributed by atoms with Crippen LogP contribution in [0.1, 0.15) is 18.9 Å². The molecule has 3 aromatic rings. The summed E-state index contributed by atoms with van der Waals surface area (Å²) in [5.74, 6) is 1.09. The van der Waals surface area contributed by atoms with Crippen molar-refractivity contribution in [2.45, 2.75) is 32.0 Å². The molecule has 1 heterocycles. The van der Waals surface area contributed by atoms with Crippen LogP contribution in [0.4, 0.5) is 5.69 Å². The lowest BCUT2D eigenvalue weighted by molar-refractivity contribution is -0.113. The molecule has 1 aromatic heterocycles. The molecule has 0 fully saturated rings. The van der Waals surface area contributed by atoms with Crippen LogP contribution in [-0.2, 0) is 11.3 Å². The molecule has 5 nitrogen and oxygen atoms in total. The summed E-state index contributed by atoms with van der Waals surface area (Å²) in [6.07, 6.45) is 0.973. The number of carbonyl (C=O) groups excluding carboxylic acids is 1. The molecule has 0 radical (unpaired) electrons. The Morgan fingerprint density at radius 1 is 1.12 bits per heavy atom. The topological polar surface area (TPSA) is 59.8 Å². The highest BCUT2D eigenvalue weighted by Gasteiger charge is 2.15. The molecule has 0 atom stereocenters. The summed E-state index contributed by atoms with van der Waals surface area (Å²) >= 11 is 1.41. The fourth-order valence-corrected chi connectivity index (χ4v) is 3.44. The summed E-state index contributed by atoms with van der Waals surface area (Å²) in [7, 11) is 0. The number of carbonyl (C=O) groups is 1. The zero-order valence-corrected chi connectivity index (χ0v) is 15.8. The molecule has 0 spiro atoms. The maximum absolute atomic E-state index is 12.3. The van der Waals surface area contributed by atoms with Crippen LogP contribution in [0.5, 0.6) is 0 Å². The van der Waals surface area contributed by atoms with Crippen molar-refractivity contribution >= 4 is 23.4 Å². The van der Waals surface area contributed by atoms with Crippen molar-refractivity contribution in [2.75, 3.05) is 11.1 Å². The zero-order valence-electron chi connectivity index (χ0n) is 15.0. The van der Waals surface area contributed by atoms with E-state index in [-0.39, 0.29) is 5.91 Å². The van der Waals surface area contributed by atoms with Gasteiger partial charge in [0.1, 0.15) is 0 Å². The number of thioether (sulfide) groups is 1. The van der Waals surface area contributed by atoms with Gasteiger partial charge in [-0.05, 0) is 31.0 Å². The molecule has 0 unspecified atom stereocenters. The third-order valence-corrected chi connectivity index (χ3v) is 4.80. The Hall–Kier alpha value is -2.60. The van der Waals surface area contributed by atoms with Crippen LogP contribution in [0.25, 0.3) is 11.4 Å². The number of hydrogen-bond donors (Lipinski definition) is 1. The molecule has 0 saturated carbocycles. The monoisotopic (exact) mass is 366 g/mol. The van der Waals surface area contributed by atoms with E-state index in [2.05, 4.69) is 27.0 Å². The molecule has 134 valence electrons. The normalized spacial score (nSPS) is 10.7. The summed E-state index contributed by atoms with van der Waals surface area (Å²) in [5, 5.41) is 12.3. The molecular weight excluding hydrogens is 344 g/mol. The van der Waals surface area contributed by atoms with Crippen LogP contribution < -0.4 is 5.32 Å². The van der Waals surface area contributed by atoms with Gasteiger partial charge in [-0.15, -0.1) is 10.2 Å². The lowest BCUT2D eigenvalue weighted by atomic mass is 10.2.